The average molecular weight is 228 g/mol. The molecule has 1 aromatic carbocycles. The second-order valence-electron chi connectivity index (χ2n) is 4.97. The van der Waals surface area contributed by atoms with Crippen LogP contribution < -0.4 is 4.90 Å². The monoisotopic (exact) mass is 228 g/mol. The fraction of sp³-hybridized carbons (Fsp3) is 0.533. The highest BCUT2D eigenvalue weighted by Gasteiger charge is 2.24. The van der Waals surface area contributed by atoms with Crippen molar-refractivity contribution < 1.29 is 0 Å². The summed E-state index contributed by atoms with van der Waals surface area (Å²) >= 11 is 0. The predicted octanol–water partition coefficient (Wildman–Crippen LogP) is 3.49. The Hall–Kier alpha value is -1.49. The van der Waals surface area contributed by atoms with Crippen molar-refractivity contribution in [2.45, 2.75) is 33.1 Å². The quantitative estimate of drug-likeness (QED) is 0.791. The molecule has 0 amide bonds. The van der Waals surface area contributed by atoms with Crippen LogP contribution in [-0.4, -0.2) is 13.1 Å². The average Bonchev–Trinajstić information content (AvgIpc) is 2.77. The van der Waals surface area contributed by atoms with Gasteiger partial charge in [0.05, 0.1) is 11.3 Å². The SMILES string of the molecule is CCCC1CCN(c2c(C)cccc2C#N)C1. The molecule has 1 unspecified atom stereocenters. The van der Waals surface area contributed by atoms with Gasteiger partial charge in [0.25, 0.3) is 0 Å². The molecule has 0 bridgehead atoms. The molecule has 1 aromatic rings. The van der Waals surface area contributed by atoms with E-state index in [2.05, 4.69) is 30.9 Å². The van der Waals surface area contributed by atoms with Gasteiger partial charge >= 0.3 is 0 Å². The summed E-state index contributed by atoms with van der Waals surface area (Å²) in [6, 6.07) is 8.31. The van der Waals surface area contributed by atoms with Gasteiger partial charge in [0.2, 0.25) is 0 Å². The van der Waals surface area contributed by atoms with Crippen LogP contribution in [0.4, 0.5) is 5.69 Å². The summed E-state index contributed by atoms with van der Waals surface area (Å²) in [4.78, 5) is 2.40. The first-order valence-electron chi connectivity index (χ1n) is 6.51. The number of nitriles is 1. The molecular formula is C15H20N2. The summed E-state index contributed by atoms with van der Waals surface area (Å²) in [5.74, 6) is 0.811. The smallest absolute Gasteiger partial charge is 0.101 e. The Morgan fingerprint density at radius 3 is 3.00 bits per heavy atom. The molecule has 2 rings (SSSR count). The van der Waals surface area contributed by atoms with Crippen molar-refractivity contribution in [2.24, 2.45) is 5.92 Å². The number of nitrogens with zero attached hydrogens (tertiary/aromatic N) is 2. The Morgan fingerprint density at radius 2 is 2.29 bits per heavy atom. The van der Waals surface area contributed by atoms with Gasteiger partial charge in [-0.25, -0.2) is 0 Å². The minimum Gasteiger partial charge on any atom is -0.370 e. The number of para-hydroxylation sites is 1. The standard InChI is InChI=1S/C15H20N2/c1-3-5-13-8-9-17(11-13)15-12(2)6-4-7-14(15)10-16/h4,6-7,13H,3,5,8-9,11H2,1-2H3. The van der Waals surface area contributed by atoms with Crippen LogP contribution in [0.3, 0.4) is 0 Å². The van der Waals surface area contributed by atoms with Gasteiger partial charge in [-0.2, -0.15) is 5.26 Å². The van der Waals surface area contributed by atoms with E-state index < -0.39 is 0 Å². The third-order valence-electron chi connectivity index (χ3n) is 3.66. The molecule has 0 N–H and O–H groups in total. The second-order valence-corrected chi connectivity index (χ2v) is 4.97. The van der Waals surface area contributed by atoms with Gasteiger partial charge < -0.3 is 4.90 Å². The summed E-state index contributed by atoms with van der Waals surface area (Å²) in [7, 11) is 0. The molecule has 1 atom stereocenters. The Kier molecular flexibility index (Phi) is 3.68. The molecule has 1 aliphatic heterocycles. The summed E-state index contributed by atoms with van der Waals surface area (Å²) in [5.41, 5.74) is 3.21. The molecule has 1 saturated heterocycles. The Morgan fingerprint density at radius 1 is 1.47 bits per heavy atom. The van der Waals surface area contributed by atoms with E-state index in [0.29, 0.717) is 0 Å². The number of hydrogen-bond acceptors (Lipinski definition) is 2. The van der Waals surface area contributed by atoms with Crippen molar-refractivity contribution in [1.29, 1.82) is 5.26 Å². The third-order valence-corrected chi connectivity index (χ3v) is 3.66. The van der Waals surface area contributed by atoms with Crippen LogP contribution in [-0.2, 0) is 0 Å². The zero-order valence-electron chi connectivity index (χ0n) is 10.7. The largest absolute Gasteiger partial charge is 0.370 e. The summed E-state index contributed by atoms with van der Waals surface area (Å²) in [5, 5.41) is 9.20. The first-order valence-corrected chi connectivity index (χ1v) is 6.51. The van der Waals surface area contributed by atoms with Crippen LogP contribution in [0.1, 0.15) is 37.3 Å². The first kappa shape index (κ1) is 12.0. The molecule has 0 radical (unpaired) electrons. The molecular weight excluding hydrogens is 208 g/mol. The normalized spacial score (nSPS) is 19.4. The van der Waals surface area contributed by atoms with Crippen LogP contribution in [0.2, 0.25) is 0 Å². The molecule has 0 spiro atoms. The number of benzene rings is 1. The lowest BCUT2D eigenvalue weighted by atomic mass is 10.0. The van der Waals surface area contributed by atoms with Crippen molar-refractivity contribution in [3.8, 4) is 6.07 Å². The van der Waals surface area contributed by atoms with E-state index in [-0.39, 0.29) is 0 Å². The predicted molar refractivity (Wildman–Crippen MR) is 71.1 cm³/mol. The van der Waals surface area contributed by atoms with E-state index >= 15 is 0 Å². The highest BCUT2D eigenvalue weighted by atomic mass is 15.2. The minimum atomic E-state index is 0.811. The van der Waals surface area contributed by atoms with Crippen LogP contribution in [0.15, 0.2) is 18.2 Å². The second kappa shape index (κ2) is 5.23. The van der Waals surface area contributed by atoms with Gasteiger partial charge in [0, 0.05) is 13.1 Å². The van der Waals surface area contributed by atoms with Crippen molar-refractivity contribution >= 4 is 5.69 Å². The fourth-order valence-corrected chi connectivity index (χ4v) is 2.85. The van der Waals surface area contributed by atoms with E-state index in [1.165, 1.54) is 24.8 Å². The molecule has 17 heavy (non-hydrogen) atoms. The maximum atomic E-state index is 9.20. The van der Waals surface area contributed by atoms with Crippen LogP contribution >= 0.6 is 0 Å². The molecule has 90 valence electrons. The summed E-state index contributed by atoms with van der Waals surface area (Å²) in [6.45, 7) is 6.57. The molecule has 0 aromatic heterocycles. The van der Waals surface area contributed by atoms with Crippen molar-refractivity contribution in [1.82, 2.24) is 0 Å². The molecule has 1 aliphatic rings. The lowest BCUT2D eigenvalue weighted by Crippen LogP contribution is -2.21. The minimum absolute atomic E-state index is 0.811. The fourth-order valence-electron chi connectivity index (χ4n) is 2.85. The van der Waals surface area contributed by atoms with Crippen molar-refractivity contribution in [3.63, 3.8) is 0 Å². The van der Waals surface area contributed by atoms with Crippen LogP contribution in [0.5, 0.6) is 0 Å². The molecule has 0 aliphatic carbocycles. The topological polar surface area (TPSA) is 27.0 Å². The molecule has 0 saturated carbocycles. The zero-order valence-corrected chi connectivity index (χ0v) is 10.7. The molecule has 1 fully saturated rings. The highest BCUT2D eigenvalue weighted by Crippen LogP contribution is 2.31. The Balaban J connectivity index is 2.22. The lowest BCUT2D eigenvalue weighted by molar-refractivity contribution is 0.530. The maximum Gasteiger partial charge on any atom is 0.101 e. The van der Waals surface area contributed by atoms with Gasteiger partial charge in [-0.15, -0.1) is 0 Å². The first-order chi connectivity index (χ1) is 8.26. The van der Waals surface area contributed by atoms with Gasteiger partial charge in [-0.1, -0.05) is 25.5 Å². The van der Waals surface area contributed by atoms with Gasteiger partial charge in [0.15, 0.2) is 0 Å². The van der Waals surface area contributed by atoms with E-state index in [0.717, 1.165) is 30.3 Å². The van der Waals surface area contributed by atoms with E-state index in [9.17, 15) is 5.26 Å². The number of hydrogen-bond donors (Lipinski definition) is 0. The van der Waals surface area contributed by atoms with Crippen molar-refractivity contribution in [3.05, 3.63) is 29.3 Å². The maximum absolute atomic E-state index is 9.20. The Bertz CT molecular complexity index is 431. The number of rotatable bonds is 3. The van der Waals surface area contributed by atoms with Gasteiger partial charge in [-0.3, -0.25) is 0 Å². The zero-order chi connectivity index (χ0) is 12.3. The van der Waals surface area contributed by atoms with Crippen molar-refractivity contribution in [2.75, 3.05) is 18.0 Å². The summed E-state index contributed by atoms with van der Waals surface area (Å²) < 4.78 is 0. The van der Waals surface area contributed by atoms with E-state index in [4.69, 9.17) is 0 Å². The van der Waals surface area contributed by atoms with E-state index in [1.54, 1.807) is 0 Å². The van der Waals surface area contributed by atoms with Crippen LogP contribution in [0, 0.1) is 24.2 Å². The molecule has 1 heterocycles. The van der Waals surface area contributed by atoms with E-state index in [1.807, 2.05) is 12.1 Å². The highest BCUT2D eigenvalue weighted by molar-refractivity contribution is 5.64. The van der Waals surface area contributed by atoms with Crippen LogP contribution in [0.25, 0.3) is 0 Å². The lowest BCUT2D eigenvalue weighted by Gasteiger charge is -2.22. The Labute approximate surface area is 104 Å². The summed E-state index contributed by atoms with van der Waals surface area (Å²) in [6.07, 6.45) is 3.84. The molecule has 2 heteroatoms. The molecule has 2 nitrogen and oxygen atoms in total. The number of aryl methyl sites for hydroxylation is 1. The number of anilines is 1. The third kappa shape index (κ3) is 2.44. The van der Waals surface area contributed by atoms with Gasteiger partial charge in [-0.05, 0) is 37.3 Å². The van der Waals surface area contributed by atoms with Gasteiger partial charge in [0.1, 0.15) is 6.07 Å².